The number of pyridine rings is 2. The molecule has 1 aliphatic heterocycles. The quantitative estimate of drug-likeness (QED) is 0.671. The number of rotatable bonds is 5. The van der Waals surface area contributed by atoms with Gasteiger partial charge in [0.2, 0.25) is 0 Å². The number of aliphatic imine (C=N–C) groups is 1. The first-order valence-corrected chi connectivity index (χ1v) is 9.93. The van der Waals surface area contributed by atoms with E-state index in [1.165, 1.54) is 30.5 Å². The topological polar surface area (TPSA) is 59.3 Å². The van der Waals surface area contributed by atoms with Gasteiger partial charge in [0.1, 0.15) is 22.9 Å². The van der Waals surface area contributed by atoms with E-state index < -0.39 is 12.0 Å². The minimum absolute atomic E-state index is 0.116. The highest BCUT2D eigenvalue weighted by atomic mass is 19.3. The van der Waals surface area contributed by atoms with Gasteiger partial charge in [0.05, 0.1) is 6.04 Å². The highest BCUT2D eigenvalue weighted by Gasteiger charge is 2.45. The van der Waals surface area contributed by atoms with Crippen LogP contribution < -0.4 is 10.9 Å². The maximum atomic E-state index is 13.6. The van der Waals surface area contributed by atoms with Crippen LogP contribution in [0.25, 0.3) is 0 Å². The van der Waals surface area contributed by atoms with Crippen LogP contribution >= 0.6 is 0 Å². The van der Waals surface area contributed by atoms with Gasteiger partial charge in [-0.25, -0.2) is 18.2 Å². The summed E-state index contributed by atoms with van der Waals surface area (Å²) in [6.07, 6.45) is 0.437. The van der Waals surface area contributed by atoms with Crippen molar-refractivity contribution in [3.05, 3.63) is 99.5 Å². The number of amidine groups is 1. The molecule has 1 aliphatic rings. The van der Waals surface area contributed by atoms with Crippen molar-refractivity contribution >= 4 is 5.84 Å². The lowest BCUT2D eigenvalue weighted by Crippen LogP contribution is -2.41. The lowest BCUT2D eigenvalue weighted by molar-refractivity contribution is 0.146. The Hall–Kier alpha value is -3.42. The molecule has 0 fully saturated rings. The van der Waals surface area contributed by atoms with Gasteiger partial charge in [-0.05, 0) is 43.7 Å². The van der Waals surface area contributed by atoms with E-state index in [4.69, 9.17) is 4.99 Å². The molecule has 0 aliphatic carbocycles. The molecule has 0 saturated carbocycles. The van der Waals surface area contributed by atoms with E-state index in [2.05, 4.69) is 10.3 Å². The molecule has 1 aromatic carbocycles. The van der Waals surface area contributed by atoms with Crippen LogP contribution in [-0.2, 0) is 12.1 Å². The smallest absolute Gasteiger partial charge is 0.280 e. The Morgan fingerprint density at radius 3 is 2.42 bits per heavy atom. The van der Waals surface area contributed by atoms with Gasteiger partial charge in [-0.3, -0.25) is 9.78 Å². The van der Waals surface area contributed by atoms with E-state index in [1.54, 1.807) is 35.0 Å². The standard InChI is InChI=1S/C23H21F3N4O/c1-3-30-13-15(4-11-20(30)31)22-28-14(2)23(29-22,16-5-8-18(24)9-6-16)17-7-10-19(21(25)26)27-12-17/h4-14,21H,3H2,1-2H3,(H,28,29)/t14-,23+/m0/s1. The zero-order chi connectivity index (χ0) is 22.2. The number of alkyl halides is 2. The van der Waals surface area contributed by atoms with E-state index in [0.717, 1.165) is 5.56 Å². The maximum Gasteiger partial charge on any atom is 0.280 e. The molecule has 0 unspecified atom stereocenters. The average Bonchev–Trinajstić information content (AvgIpc) is 3.12. The normalized spacial score (nSPS) is 20.6. The van der Waals surface area contributed by atoms with Crippen LogP contribution in [0, 0.1) is 5.82 Å². The Morgan fingerprint density at radius 1 is 1.10 bits per heavy atom. The van der Waals surface area contributed by atoms with Gasteiger partial charge in [0, 0.05) is 36.1 Å². The van der Waals surface area contributed by atoms with Gasteiger partial charge in [0.15, 0.2) is 0 Å². The van der Waals surface area contributed by atoms with Crippen molar-refractivity contribution in [2.45, 2.75) is 38.4 Å². The monoisotopic (exact) mass is 426 g/mol. The van der Waals surface area contributed by atoms with E-state index >= 15 is 0 Å². The molecule has 2 atom stereocenters. The largest absolute Gasteiger partial charge is 0.364 e. The molecule has 4 rings (SSSR count). The second-order valence-corrected chi connectivity index (χ2v) is 7.41. The molecular formula is C23H21F3N4O. The summed E-state index contributed by atoms with van der Waals surface area (Å²) in [5.74, 6) is 0.167. The molecular weight excluding hydrogens is 405 g/mol. The summed E-state index contributed by atoms with van der Waals surface area (Å²) < 4.78 is 41.3. The third kappa shape index (κ3) is 3.62. The molecule has 1 N–H and O–H groups in total. The molecule has 8 heteroatoms. The van der Waals surface area contributed by atoms with Crippen molar-refractivity contribution in [2.24, 2.45) is 4.99 Å². The summed E-state index contributed by atoms with van der Waals surface area (Å²) in [5.41, 5.74) is 0.561. The Kier molecular flexibility index (Phi) is 5.39. The molecule has 31 heavy (non-hydrogen) atoms. The molecule has 0 amide bonds. The van der Waals surface area contributed by atoms with Crippen molar-refractivity contribution < 1.29 is 13.2 Å². The number of hydrogen-bond acceptors (Lipinski definition) is 4. The summed E-state index contributed by atoms with van der Waals surface area (Å²) in [6, 6.07) is 11.7. The van der Waals surface area contributed by atoms with Crippen LogP contribution in [0.2, 0.25) is 0 Å². The number of nitrogens with zero attached hydrogens (tertiary/aromatic N) is 3. The zero-order valence-corrected chi connectivity index (χ0v) is 17.0. The number of nitrogens with one attached hydrogen (secondary N) is 1. The lowest BCUT2D eigenvalue weighted by atomic mass is 9.79. The van der Waals surface area contributed by atoms with Crippen molar-refractivity contribution in [1.29, 1.82) is 0 Å². The number of hydrogen-bond donors (Lipinski definition) is 1. The van der Waals surface area contributed by atoms with Gasteiger partial charge >= 0.3 is 0 Å². The number of halogens is 3. The number of aromatic nitrogens is 2. The Labute approximate surface area is 177 Å². The maximum absolute atomic E-state index is 13.6. The Balaban J connectivity index is 1.90. The minimum Gasteiger partial charge on any atom is -0.364 e. The van der Waals surface area contributed by atoms with Gasteiger partial charge in [0.25, 0.3) is 12.0 Å². The minimum atomic E-state index is -2.68. The van der Waals surface area contributed by atoms with Gasteiger partial charge in [-0.15, -0.1) is 0 Å². The third-order valence-electron chi connectivity index (χ3n) is 5.60. The Morgan fingerprint density at radius 2 is 1.81 bits per heavy atom. The van der Waals surface area contributed by atoms with E-state index in [1.807, 2.05) is 13.8 Å². The summed E-state index contributed by atoms with van der Waals surface area (Å²) in [5, 5.41) is 3.35. The molecule has 3 heterocycles. The molecule has 0 radical (unpaired) electrons. The van der Waals surface area contributed by atoms with Crippen molar-refractivity contribution in [2.75, 3.05) is 0 Å². The van der Waals surface area contributed by atoms with Crippen LogP contribution in [-0.4, -0.2) is 21.4 Å². The highest BCUT2D eigenvalue weighted by molar-refractivity contribution is 6.00. The first kappa shape index (κ1) is 20.8. The highest BCUT2D eigenvalue weighted by Crippen LogP contribution is 2.41. The predicted octanol–water partition coefficient (Wildman–Crippen LogP) is 4.02. The number of benzene rings is 1. The first-order valence-electron chi connectivity index (χ1n) is 9.93. The van der Waals surface area contributed by atoms with Crippen LogP contribution in [0.3, 0.4) is 0 Å². The van der Waals surface area contributed by atoms with Crippen molar-refractivity contribution in [3.8, 4) is 0 Å². The molecule has 2 aromatic heterocycles. The fraction of sp³-hybridized carbons (Fsp3) is 0.261. The van der Waals surface area contributed by atoms with Gasteiger partial charge in [-0.2, -0.15) is 0 Å². The average molecular weight is 426 g/mol. The molecule has 160 valence electrons. The molecule has 0 saturated heterocycles. The second kappa shape index (κ2) is 8.02. The van der Waals surface area contributed by atoms with Crippen LogP contribution in [0.5, 0.6) is 0 Å². The lowest BCUT2D eigenvalue weighted by Gasteiger charge is -2.31. The van der Waals surface area contributed by atoms with Crippen LogP contribution in [0.4, 0.5) is 13.2 Å². The van der Waals surface area contributed by atoms with Crippen LogP contribution in [0.15, 0.2) is 70.7 Å². The molecule has 3 aromatic rings. The second-order valence-electron chi connectivity index (χ2n) is 7.41. The van der Waals surface area contributed by atoms with E-state index in [9.17, 15) is 18.0 Å². The molecule has 5 nitrogen and oxygen atoms in total. The fourth-order valence-electron chi connectivity index (χ4n) is 3.94. The molecule has 0 spiro atoms. The SMILES string of the molecule is CCn1cc(C2=N[C@](c3ccc(F)cc3)(c3ccc(C(F)F)nc3)[C@H](C)N2)ccc1=O. The van der Waals surface area contributed by atoms with Gasteiger partial charge < -0.3 is 9.88 Å². The van der Waals surface area contributed by atoms with Gasteiger partial charge in [-0.1, -0.05) is 18.2 Å². The predicted molar refractivity (Wildman–Crippen MR) is 112 cm³/mol. The number of aryl methyl sites for hydroxylation is 1. The summed E-state index contributed by atoms with van der Waals surface area (Å²) in [6.45, 7) is 4.30. The summed E-state index contributed by atoms with van der Waals surface area (Å²) in [4.78, 5) is 20.8. The third-order valence-corrected chi connectivity index (χ3v) is 5.60. The Bertz CT molecular complexity index is 1170. The van der Waals surface area contributed by atoms with Crippen molar-refractivity contribution in [1.82, 2.24) is 14.9 Å². The summed E-state index contributed by atoms with van der Waals surface area (Å²) >= 11 is 0. The van der Waals surface area contributed by atoms with Crippen molar-refractivity contribution in [3.63, 3.8) is 0 Å². The molecule has 0 bridgehead atoms. The fourth-order valence-corrected chi connectivity index (χ4v) is 3.94. The van der Waals surface area contributed by atoms with E-state index in [0.29, 0.717) is 23.5 Å². The van der Waals surface area contributed by atoms with Crippen LogP contribution in [0.1, 0.15) is 42.7 Å². The van der Waals surface area contributed by atoms with E-state index in [-0.39, 0.29) is 23.1 Å². The first-order chi connectivity index (χ1) is 14.8. The summed E-state index contributed by atoms with van der Waals surface area (Å²) in [7, 11) is 0. The zero-order valence-electron chi connectivity index (χ0n) is 17.0.